The van der Waals surface area contributed by atoms with Crippen LogP contribution >= 0.6 is 15.8 Å². The lowest BCUT2D eigenvalue weighted by atomic mass is 9.96. The van der Waals surface area contributed by atoms with Crippen LogP contribution in [0.2, 0.25) is 0 Å². The van der Waals surface area contributed by atoms with E-state index >= 15 is 0 Å². The second kappa shape index (κ2) is 8.57. The van der Waals surface area contributed by atoms with E-state index in [1.807, 2.05) is 18.6 Å². The number of nitrogens with one attached hydrogen (secondary N) is 2. The average molecular weight is 341 g/mol. The van der Waals surface area contributed by atoms with Crippen molar-refractivity contribution in [1.82, 2.24) is 10.7 Å². The molecule has 0 aliphatic carbocycles. The third-order valence-electron chi connectivity index (χ3n) is 3.02. The van der Waals surface area contributed by atoms with Gasteiger partial charge in [0.05, 0.1) is 12.7 Å². The van der Waals surface area contributed by atoms with E-state index in [9.17, 15) is 14.0 Å². The van der Waals surface area contributed by atoms with Crippen molar-refractivity contribution >= 4 is 23.6 Å². The lowest BCUT2D eigenvalue weighted by molar-refractivity contribution is 0.00939. The molecule has 1 saturated heterocycles. The van der Waals surface area contributed by atoms with Crippen LogP contribution in [0, 0.1) is 0 Å². The van der Waals surface area contributed by atoms with Gasteiger partial charge in [0.25, 0.3) is 0 Å². The van der Waals surface area contributed by atoms with Crippen LogP contribution in [0.15, 0.2) is 11.4 Å². The molecule has 0 radical (unpaired) electrons. The van der Waals surface area contributed by atoms with Crippen LogP contribution in [0.3, 0.4) is 0 Å². The first-order valence-electron chi connectivity index (χ1n) is 6.48. The summed E-state index contributed by atoms with van der Waals surface area (Å²) in [6, 6.07) is -0.108. The molecule has 21 heavy (non-hydrogen) atoms. The van der Waals surface area contributed by atoms with Gasteiger partial charge in [-0.25, -0.2) is 4.57 Å². The van der Waals surface area contributed by atoms with Gasteiger partial charge in [-0.3, -0.25) is 14.9 Å². The van der Waals surface area contributed by atoms with Crippen molar-refractivity contribution in [2.45, 2.75) is 38.5 Å². The van der Waals surface area contributed by atoms with E-state index in [1.54, 1.807) is 19.9 Å². The molecule has 0 aromatic rings. The summed E-state index contributed by atoms with van der Waals surface area (Å²) >= 11 is 0. The second-order valence-corrected chi connectivity index (χ2v) is 7.83. The third-order valence-corrected chi connectivity index (χ3v) is 5.38. The lowest BCUT2D eigenvalue weighted by Crippen LogP contribution is -2.36. The molecule has 5 atom stereocenters. The topological polar surface area (TPSA) is 132 Å². The Morgan fingerprint density at radius 2 is 2.38 bits per heavy atom. The first kappa shape index (κ1) is 19.0. The summed E-state index contributed by atoms with van der Waals surface area (Å²) in [6.45, 7) is 3.33. The van der Waals surface area contributed by atoms with Crippen LogP contribution < -0.4 is 16.6 Å². The lowest BCUT2D eigenvalue weighted by Gasteiger charge is -2.20. The second-order valence-electron chi connectivity index (χ2n) is 4.71. The highest BCUT2D eigenvalue weighted by atomic mass is 31.2. The van der Waals surface area contributed by atoms with Gasteiger partial charge in [-0.15, -0.1) is 5.20 Å². The fourth-order valence-electron chi connectivity index (χ4n) is 1.83. The van der Waals surface area contributed by atoms with Crippen LogP contribution in [0.25, 0.3) is 0 Å². The molecule has 0 saturated carbocycles. The maximum atomic E-state index is 11.9. The molecule has 9 nitrogen and oxygen atoms in total. The zero-order chi connectivity index (χ0) is 16.0. The highest BCUT2D eigenvalue weighted by Crippen LogP contribution is 2.40. The van der Waals surface area contributed by atoms with Crippen molar-refractivity contribution in [1.29, 1.82) is 0 Å². The minimum atomic E-state index is -4.05. The third kappa shape index (κ3) is 6.32. The summed E-state index contributed by atoms with van der Waals surface area (Å²) in [5.41, 5.74) is 1.85. The number of nitrogens with two attached hydrogens (primary N) is 1. The molecule has 0 spiro atoms. The number of hydrazine groups is 2. The van der Waals surface area contributed by atoms with Gasteiger partial charge in [0.1, 0.15) is 14.0 Å². The van der Waals surface area contributed by atoms with Gasteiger partial charge in [-0.05, 0) is 20.3 Å². The highest BCUT2D eigenvalue weighted by Gasteiger charge is 2.36. The summed E-state index contributed by atoms with van der Waals surface area (Å²) < 4.78 is 39.3. The van der Waals surface area contributed by atoms with E-state index in [0.29, 0.717) is 11.7 Å². The monoisotopic (exact) mass is 341 g/mol. The maximum Gasteiger partial charge on any atom is 0.417 e. The van der Waals surface area contributed by atoms with Gasteiger partial charge in [0.2, 0.25) is 8.03 Å². The molecule has 122 valence electrons. The van der Waals surface area contributed by atoms with Gasteiger partial charge in [-0.1, -0.05) is 6.08 Å². The van der Waals surface area contributed by atoms with Crippen LogP contribution in [0.1, 0.15) is 20.3 Å². The van der Waals surface area contributed by atoms with Crippen molar-refractivity contribution in [3.05, 3.63) is 11.4 Å². The molecule has 12 heteroatoms. The van der Waals surface area contributed by atoms with Gasteiger partial charge in [-0.2, -0.15) is 5.53 Å². The predicted octanol–water partition coefficient (Wildman–Crippen LogP) is -0.397. The molecule has 1 heterocycles. The number of allylic oxidation sites excluding steroid dienone is 2. The molecule has 1 aliphatic heterocycles. The Labute approximate surface area is 125 Å². The summed E-state index contributed by atoms with van der Waals surface area (Å²) in [7, 11) is -4.54. The first-order valence-corrected chi connectivity index (χ1v) is 9.38. The molecular formula is C9H22BN3O6P2. The number of hydrogen-bond donors (Lipinski definition) is 4. The summed E-state index contributed by atoms with van der Waals surface area (Å²) in [6.07, 6.45) is 1.25. The first-order chi connectivity index (χ1) is 9.79. The SMILES string of the molecule is B[C@H]1C[C@H](O[PH](=O)C(C)=CC)[C@@H](COP(=O)(O)NNN)O1. The minimum absolute atomic E-state index is 0.108. The Bertz CT molecular complexity index is 451. The number of hydrogen-bond acceptors (Lipinski definition) is 7. The van der Waals surface area contributed by atoms with Crippen molar-refractivity contribution in [3.8, 4) is 0 Å². The summed E-state index contributed by atoms with van der Waals surface area (Å²) in [5, 5.41) is 2.56. The Balaban J connectivity index is 2.59. The normalized spacial score (nSPS) is 31.0. The summed E-state index contributed by atoms with van der Waals surface area (Å²) in [5.74, 6) is 4.89. The Morgan fingerprint density at radius 3 is 2.95 bits per heavy atom. The minimum Gasteiger partial charge on any atom is -0.379 e. The fourth-order valence-corrected chi connectivity index (χ4v) is 3.35. The number of ether oxygens (including phenoxy) is 1. The highest BCUT2D eigenvalue weighted by molar-refractivity contribution is 7.50. The standard InChI is InChI=1S/C9H22BN3O6P2/c1-3-6(2)20(14)19-7-4-9(10)18-8(7)5-17-21(15,16)13-12-11/h3,7-9,12,20H,4-5,10-11H2,1-2H3,(H2,13,15,16)/t7-,8+,9+/m0/s1. The molecular weight excluding hydrogens is 319 g/mol. The molecule has 0 amide bonds. The van der Waals surface area contributed by atoms with E-state index in [1.165, 1.54) is 0 Å². The maximum absolute atomic E-state index is 11.9. The molecule has 1 aliphatic rings. The largest absolute Gasteiger partial charge is 0.417 e. The molecule has 2 unspecified atom stereocenters. The smallest absolute Gasteiger partial charge is 0.379 e. The van der Waals surface area contributed by atoms with E-state index in [0.717, 1.165) is 0 Å². The van der Waals surface area contributed by atoms with Crippen molar-refractivity contribution < 1.29 is 27.8 Å². The van der Waals surface area contributed by atoms with Gasteiger partial charge < -0.3 is 14.2 Å². The predicted molar refractivity (Wildman–Crippen MR) is 81.4 cm³/mol. The Kier molecular flexibility index (Phi) is 7.77. The van der Waals surface area contributed by atoms with Crippen LogP contribution in [-0.4, -0.2) is 37.6 Å². The zero-order valence-corrected chi connectivity index (χ0v) is 14.1. The van der Waals surface area contributed by atoms with Crippen LogP contribution in [-0.2, 0) is 22.9 Å². The quantitative estimate of drug-likeness (QED) is 0.201. The molecule has 0 aromatic carbocycles. The van der Waals surface area contributed by atoms with E-state index < -0.39 is 28.0 Å². The van der Waals surface area contributed by atoms with Gasteiger partial charge in [0, 0.05) is 11.3 Å². The number of rotatable bonds is 8. The van der Waals surface area contributed by atoms with Gasteiger partial charge in [0.15, 0.2) is 0 Å². The van der Waals surface area contributed by atoms with Crippen molar-refractivity contribution in [2.24, 2.45) is 5.84 Å². The van der Waals surface area contributed by atoms with Crippen LogP contribution in [0.4, 0.5) is 0 Å². The summed E-state index contributed by atoms with van der Waals surface area (Å²) in [4.78, 5) is 9.35. The zero-order valence-electron chi connectivity index (χ0n) is 12.2. The van der Waals surface area contributed by atoms with E-state index in [2.05, 4.69) is 0 Å². The molecule has 1 rings (SSSR count). The van der Waals surface area contributed by atoms with Crippen molar-refractivity contribution in [3.63, 3.8) is 0 Å². The van der Waals surface area contributed by atoms with E-state index in [-0.39, 0.29) is 12.6 Å². The van der Waals surface area contributed by atoms with Gasteiger partial charge >= 0.3 is 7.75 Å². The van der Waals surface area contributed by atoms with E-state index in [4.69, 9.17) is 19.6 Å². The molecule has 0 bridgehead atoms. The molecule has 5 N–H and O–H groups in total. The van der Waals surface area contributed by atoms with Crippen molar-refractivity contribution in [2.75, 3.05) is 6.61 Å². The fraction of sp³-hybridized carbons (Fsp3) is 0.778. The Hall–Kier alpha value is -0.0151. The molecule has 1 fully saturated rings. The average Bonchev–Trinajstić information content (AvgIpc) is 2.75. The molecule has 0 aromatic heterocycles. The Morgan fingerprint density at radius 1 is 1.71 bits per heavy atom. The van der Waals surface area contributed by atoms with Crippen LogP contribution in [0.5, 0.6) is 0 Å².